The molecule has 2 aliphatic rings. The summed E-state index contributed by atoms with van der Waals surface area (Å²) >= 11 is 0. The molecule has 0 N–H and O–H groups in total. The molecular weight excluding hydrogens is 304 g/mol. The van der Waals surface area contributed by atoms with Crippen LogP contribution in [0.3, 0.4) is 0 Å². The second-order valence-electron chi connectivity index (χ2n) is 8.06. The molecule has 1 saturated heterocycles. The van der Waals surface area contributed by atoms with E-state index in [1.807, 2.05) is 0 Å². The first kappa shape index (κ1) is 18.5. The van der Waals surface area contributed by atoms with Crippen LogP contribution in [-0.2, 0) is 12.8 Å². The summed E-state index contributed by atoms with van der Waals surface area (Å²) in [4.78, 5) is 7.68. The molecule has 138 valence electrons. The zero-order chi connectivity index (χ0) is 17.5. The summed E-state index contributed by atoms with van der Waals surface area (Å²) in [5.74, 6) is 1.34. The first-order valence-corrected chi connectivity index (χ1v) is 10.6. The Morgan fingerprint density at radius 1 is 0.840 bits per heavy atom. The molecular formula is C23H36N2. The molecule has 25 heavy (non-hydrogen) atoms. The molecule has 1 aliphatic carbocycles. The third-order valence-corrected chi connectivity index (χ3v) is 6.06. The predicted octanol–water partition coefficient (Wildman–Crippen LogP) is 6.09. The molecule has 0 radical (unpaired) electrons. The number of aliphatic imine (C=N–C) groups is 1. The van der Waals surface area contributed by atoms with E-state index in [1.165, 1.54) is 88.6 Å². The Morgan fingerprint density at radius 3 is 2.36 bits per heavy atom. The van der Waals surface area contributed by atoms with E-state index in [1.54, 1.807) is 11.1 Å². The zero-order valence-electron chi connectivity index (χ0n) is 16.4. The maximum Gasteiger partial charge on any atom is 0.0993 e. The number of rotatable bonds is 2. The Kier molecular flexibility index (Phi) is 6.95. The van der Waals surface area contributed by atoms with Crippen molar-refractivity contribution in [2.24, 2.45) is 4.99 Å². The van der Waals surface area contributed by atoms with E-state index >= 15 is 0 Å². The van der Waals surface area contributed by atoms with Gasteiger partial charge in [0, 0.05) is 20.0 Å². The lowest BCUT2D eigenvalue weighted by atomic mass is 9.98. The summed E-state index contributed by atoms with van der Waals surface area (Å²) in [5, 5.41) is 0. The normalized spacial score (nSPS) is 23.0. The first-order valence-electron chi connectivity index (χ1n) is 10.6. The maximum absolute atomic E-state index is 5.24. The summed E-state index contributed by atoms with van der Waals surface area (Å²) in [6.07, 6.45) is 16.0. The van der Waals surface area contributed by atoms with Crippen molar-refractivity contribution in [1.29, 1.82) is 0 Å². The average molecular weight is 341 g/mol. The number of hydrogen-bond acceptors (Lipinski definition) is 1. The second kappa shape index (κ2) is 9.40. The average Bonchev–Trinajstić information content (AvgIpc) is 3.09. The van der Waals surface area contributed by atoms with Crippen molar-refractivity contribution in [3.05, 3.63) is 34.9 Å². The van der Waals surface area contributed by atoms with E-state index < -0.39 is 0 Å². The van der Waals surface area contributed by atoms with Gasteiger partial charge in [-0.2, -0.15) is 0 Å². The third kappa shape index (κ3) is 5.09. The van der Waals surface area contributed by atoms with Crippen LogP contribution in [0.25, 0.3) is 0 Å². The number of nitrogens with zero attached hydrogens (tertiary/aromatic N) is 2. The van der Waals surface area contributed by atoms with Crippen LogP contribution in [0, 0.1) is 0 Å². The van der Waals surface area contributed by atoms with Gasteiger partial charge in [-0.3, -0.25) is 4.99 Å². The molecule has 1 atom stereocenters. The Morgan fingerprint density at radius 2 is 1.56 bits per heavy atom. The Labute approximate surface area is 154 Å². The molecule has 0 amide bonds. The molecule has 1 heterocycles. The fourth-order valence-corrected chi connectivity index (χ4v) is 4.51. The Bertz CT molecular complexity index is 575. The van der Waals surface area contributed by atoms with Gasteiger partial charge in [0.1, 0.15) is 0 Å². The van der Waals surface area contributed by atoms with Gasteiger partial charge in [0.05, 0.1) is 11.9 Å². The van der Waals surface area contributed by atoms with Crippen LogP contribution in [-0.4, -0.2) is 24.3 Å². The van der Waals surface area contributed by atoms with E-state index in [4.69, 9.17) is 4.99 Å². The highest BCUT2D eigenvalue weighted by Crippen LogP contribution is 2.31. The third-order valence-electron chi connectivity index (χ3n) is 6.06. The van der Waals surface area contributed by atoms with Crippen LogP contribution in [0.4, 0.5) is 0 Å². The molecule has 1 fully saturated rings. The van der Waals surface area contributed by atoms with Crippen LogP contribution in [0.15, 0.2) is 23.2 Å². The monoisotopic (exact) mass is 340 g/mol. The summed E-state index contributed by atoms with van der Waals surface area (Å²) < 4.78 is 0. The maximum atomic E-state index is 5.24. The largest absolute Gasteiger partial charge is 0.363 e. The number of hydrogen-bond donors (Lipinski definition) is 0. The quantitative estimate of drug-likeness (QED) is 0.636. The molecule has 0 spiro atoms. The van der Waals surface area contributed by atoms with Crippen LogP contribution in [0.5, 0.6) is 0 Å². The SMILES string of the molecule is CC(N=C1CCCCCCCCCCN1C)c1cccc2c1CCC2. The molecule has 1 unspecified atom stereocenters. The highest BCUT2D eigenvalue weighted by molar-refractivity contribution is 5.82. The number of aryl methyl sites for hydroxylation is 1. The van der Waals surface area contributed by atoms with E-state index in [2.05, 4.69) is 37.1 Å². The van der Waals surface area contributed by atoms with Crippen molar-refractivity contribution in [2.45, 2.75) is 90.0 Å². The van der Waals surface area contributed by atoms with Crippen molar-refractivity contribution in [3.63, 3.8) is 0 Å². The highest BCUT2D eigenvalue weighted by Gasteiger charge is 2.18. The Balaban J connectivity index is 1.74. The highest BCUT2D eigenvalue weighted by atomic mass is 15.2. The van der Waals surface area contributed by atoms with Gasteiger partial charge in [0.2, 0.25) is 0 Å². The topological polar surface area (TPSA) is 15.6 Å². The van der Waals surface area contributed by atoms with Crippen LogP contribution >= 0.6 is 0 Å². The van der Waals surface area contributed by atoms with Crippen molar-refractivity contribution < 1.29 is 0 Å². The molecule has 0 saturated carbocycles. The van der Waals surface area contributed by atoms with Crippen LogP contribution in [0.2, 0.25) is 0 Å². The number of fused-ring (bicyclic) bond motifs is 1. The summed E-state index contributed by atoms with van der Waals surface area (Å²) in [7, 11) is 2.26. The molecule has 0 bridgehead atoms. The van der Waals surface area contributed by atoms with Crippen molar-refractivity contribution in [1.82, 2.24) is 4.90 Å². The summed E-state index contributed by atoms with van der Waals surface area (Å²) in [6.45, 7) is 3.46. The minimum Gasteiger partial charge on any atom is -0.363 e. The minimum atomic E-state index is 0.290. The van der Waals surface area contributed by atoms with Gasteiger partial charge < -0.3 is 4.90 Å². The van der Waals surface area contributed by atoms with Crippen molar-refractivity contribution in [2.75, 3.05) is 13.6 Å². The van der Waals surface area contributed by atoms with Gasteiger partial charge in [-0.05, 0) is 55.7 Å². The van der Waals surface area contributed by atoms with E-state index in [-0.39, 0.29) is 0 Å². The Hall–Kier alpha value is -1.31. The minimum absolute atomic E-state index is 0.290. The molecule has 1 aromatic rings. The lowest BCUT2D eigenvalue weighted by molar-refractivity contribution is 0.442. The first-order chi connectivity index (χ1) is 12.3. The zero-order valence-corrected chi connectivity index (χ0v) is 16.4. The lowest BCUT2D eigenvalue weighted by Crippen LogP contribution is -2.28. The molecule has 1 aliphatic heterocycles. The fraction of sp³-hybridized carbons (Fsp3) is 0.696. The second-order valence-corrected chi connectivity index (χ2v) is 8.06. The van der Waals surface area contributed by atoms with Gasteiger partial charge in [0.15, 0.2) is 0 Å². The summed E-state index contributed by atoms with van der Waals surface area (Å²) in [6, 6.07) is 7.15. The van der Waals surface area contributed by atoms with Gasteiger partial charge in [0.25, 0.3) is 0 Å². The molecule has 3 rings (SSSR count). The molecule has 2 nitrogen and oxygen atoms in total. The van der Waals surface area contributed by atoms with Crippen molar-refractivity contribution >= 4 is 5.84 Å². The van der Waals surface area contributed by atoms with Gasteiger partial charge in [-0.25, -0.2) is 0 Å². The molecule has 0 aromatic heterocycles. The summed E-state index contributed by atoms with van der Waals surface area (Å²) in [5.41, 5.74) is 4.63. The molecule has 1 aromatic carbocycles. The van der Waals surface area contributed by atoms with Gasteiger partial charge in [-0.1, -0.05) is 56.7 Å². The number of benzene rings is 1. The van der Waals surface area contributed by atoms with E-state index in [0.29, 0.717) is 6.04 Å². The standard InChI is InChI=1S/C23H36N2/c1-19(21-15-11-13-20-14-12-16-22(20)21)24-23-17-9-7-5-3-4-6-8-10-18-25(23)2/h11,13,15,19H,3-10,12,14,16-18H2,1-2H3. The van der Waals surface area contributed by atoms with Gasteiger partial charge in [-0.15, -0.1) is 0 Å². The predicted molar refractivity (Wildman–Crippen MR) is 109 cm³/mol. The lowest BCUT2D eigenvalue weighted by Gasteiger charge is -2.24. The van der Waals surface area contributed by atoms with Gasteiger partial charge >= 0.3 is 0 Å². The smallest absolute Gasteiger partial charge is 0.0993 e. The van der Waals surface area contributed by atoms with E-state index in [0.717, 1.165) is 6.42 Å². The van der Waals surface area contributed by atoms with Crippen molar-refractivity contribution in [3.8, 4) is 0 Å². The van der Waals surface area contributed by atoms with Crippen LogP contribution in [0.1, 0.15) is 93.9 Å². The molecule has 2 heteroatoms. The van der Waals surface area contributed by atoms with Crippen LogP contribution < -0.4 is 0 Å². The van der Waals surface area contributed by atoms with E-state index in [9.17, 15) is 0 Å². The number of amidine groups is 1. The fourth-order valence-electron chi connectivity index (χ4n) is 4.51.